The van der Waals surface area contributed by atoms with E-state index in [1.54, 1.807) is 18.2 Å². The van der Waals surface area contributed by atoms with Gasteiger partial charge in [0.05, 0.1) is 4.90 Å². The number of rotatable bonds is 4. The van der Waals surface area contributed by atoms with Crippen LogP contribution in [0.4, 0.5) is 0 Å². The molecule has 0 saturated carbocycles. The molecule has 1 aromatic rings. The summed E-state index contributed by atoms with van der Waals surface area (Å²) in [5.41, 5.74) is 0. The van der Waals surface area contributed by atoms with Crippen LogP contribution in [0.5, 0.6) is 0 Å². The van der Waals surface area contributed by atoms with E-state index in [0.717, 1.165) is 0 Å². The topological polar surface area (TPSA) is 46.2 Å². The zero-order chi connectivity index (χ0) is 9.73. The average Bonchev–Trinajstić information content (AvgIpc) is 2.16. The Hall–Kier alpha value is -1.13. The first-order valence-corrected chi connectivity index (χ1v) is 5.22. The molecule has 0 aliphatic carbocycles. The van der Waals surface area contributed by atoms with Gasteiger partial charge in [0.2, 0.25) is 10.0 Å². The predicted octanol–water partition coefficient (Wildman–Crippen LogP) is 0.951. The minimum absolute atomic E-state index is 0.150. The van der Waals surface area contributed by atoms with Crippen LogP contribution in [0.3, 0.4) is 0 Å². The van der Waals surface area contributed by atoms with Gasteiger partial charge in [-0.2, -0.15) is 0 Å². The maximum atomic E-state index is 11.4. The van der Waals surface area contributed by atoms with E-state index in [-0.39, 0.29) is 11.4 Å². The summed E-state index contributed by atoms with van der Waals surface area (Å²) in [6, 6.07) is 9.05. The molecule has 4 heteroatoms. The molecule has 0 bridgehead atoms. The second kappa shape index (κ2) is 4.20. The van der Waals surface area contributed by atoms with Crippen molar-refractivity contribution in [1.29, 1.82) is 0 Å². The van der Waals surface area contributed by atoms with Crippen LogP contribution in [0.25, 0.3) is 0 Å². The molecule has 1 rings (SSSR count). The minimum Gasteiger partial charge on any atom is -0.207 e. The third-order valence-electron chi connectivity index (χ3n) is 1.39. The van der Waals surface area contributed by atoms with Crippen molar-refractivity contribution >= 4 is 10.0 Å². The zero-order valence-electron chi connectivity index (χ0n) is 7.03. The summed E-state index contributed by atoms with van der Waals surface area (Å²) in [7, 11) is -3.40. The van der Waals surface area contributed by atoms with Crippen molar-refractivity contribution in [3.63, 3.8) is 0 Å². The van der Waals surface area contributed by atoms with Gasteiger partial charge in [0.15, 0.2) is 0 Å². The molecule has 0 saturated heterocycles. The van der Waals surface area contributed by atoms with Crippen LogP contribution in [-0.4, -0.2) is 15.0 Å². The number of sulfonamides is 1. The van der Waals surface area contributed by atoms with Crippen molar-refractivity contribution in [2.75, 3.05) is 6.54 Å². The number of hydrogen-bond donors (Lipinski definition) is 1. The van der Waals surface area contributed by atoms with E-state index in [1.165, 1.54) is 12.1 Å². The second-order valence-electron chi connectivity index (χ2n) is 2.37. The lowest BCUT2D eigenvalue weighted by atomic mass is 10.4. The molecule has 0 aliphatic rings. The highest BCUT2D eigenvalue weighted by molar-refractivity contribution is 7.89. The molecule has 0 aliphatic heterocycles. The molecule has 13 heavy (non-hydrogen) atoms. The molecule has 0 atom stereocenters. The van der Waals surface area contributed by atoms with Crippen molar-refractivity contribution in [1.82, 2.24) is 4.72 Å². The van der Waals surface area contributed by atoms with Gasteiger partial charge in [0, 0.05) is 12.6 Å². The smallest absolute Gasteiger partial charge is 0.207 e. The van der Waals surface area contributed by atoms with Crippen LogP contribution in [-0.2, 0) is 10.0 Å². The van der Waals surface area contributed by atoms with E-state index in [4.69, 9.17) is 0 Å². The Morgan fingerprint density at radius 3 is 2.85 bits per heavy atom. The van der Waals surface area contributed by atoms with E-state index >= 15 is 0 Å². The quantitative estimate of drug-likeness (QED) is 0.729. The lowest BCUT2D eigenvalue weighted by Gasteiger charge is -2.02. The first kappa shape index (κ1) is 9.95. The highest BCUT2D eigenvalue weighted by Crippen LogP contribution is 2.05. The maximum absolute atomic E-state index is 11.4. The molecule has 0 spiro atoms. The third-order valence-corrected chi connectivity index (χ3v) is 2.77. The van der Waals surface area contributed by atoms with Crippen molar-refractivity contribution in [2.45, 2.75) is 4.90 Å². The fourth-order valence-electron chi connectivity index (χ4n) is 0.790. The molecule has 3 nitrogen and oxygen atoms in total. The fourth-order valence-corrected chi connectivity index (χ4v) is 1.76. The Labute approximate surface area is 78.1 Å². The minimum atomic E-state index is -3.40. The largest absolute Gasteiger partial charge is 0.241 e. The van der Waals surface area contributed by atoms with Gasteiger partial charge in [-0.05, 0) is 6.07 Å². The van der Waals surface area contributed by atoms with E-state index < -0.39 is 10.0 Å². The number of hydrogen-bond acceptors (Lipinski definition) is 2. The van der Waals surface area contributed by atoms with Crippen LogP contribution < -0.4 is 4.72 Å². The Morgan fingerprint density at radius 1 is 1.54 bits per heavy atom. The SMILES string of the molecule is C=CCNS(=O)(=O)c1[c]cccc1. The molecule has 0 heterocycles. The van der Waals surface area contributed by atoms with Crippen LogP contribution in [0, 0.1) is 6.07 Å². The predicted molar refractivity (Wildman–Crippen MR) is 50.7 cm³/mol. The van der Waals surface area contributed by atoms with Crippen molar-refractivity contribution in [3.8, 4) is 0 Å². The molecule has 0 aromatic heterocycles. The third kappa shape index (κ3) is 2.68. The van der Waals surface area contributed by atoms with Crippen LogP contribution in [0.15, 0.2) is 41.8 Å². The van der Waals surface area contributed by atoms with Crippen LogP contribution in [0.2, 0.25) is 0 Å². The highest BCUT2D eigenvalue weighted by Gasteiger charge is 2.10. The summed E-state index contributed by atoms with van der Waals surface area (Å²) in [5.74, 6) is 0. The molecular weight excluding hydrogens is 186 g/mol. The van der Waals surface area contributed by atoms with Gasteiger partial charge in [0.1, 0.15) is 0 Å². The summed E-state index contributed by atoms with van der Waals surface area (Å²) in [6.45, 7) is 3.65. The highest BCUT2D eigenvalue weighted by atomic mass is 32.2. The Kier molecular flexibility index (Phi) is 3.22. The Morgan fingerprint density at radius 2 is 2.31 bits per heavy atom. The van der Waals surface area contributed by atoms with Gasteiger partial charge < -0.3 is 0 Å². The van der Waals surface area contributed by atoms with Gasteiger partial charge in [0.25, 0.3) is 0 Å². The second-order valence-corrected chi connectivity index (χ2v) is 4.10. The summed E-state index contributed by atoms with van der Waals surface area (Å²) >= 11 is 0. The normalized spacial score (nSPS) is 11.1. The van der Waals surface area contributed by atoms with Crippen molar-refractivity contribution in [3.05, 3.63) is 43.0 Å². The van der Waals surface area contributed by atoms with Crippen molar-refractivity contribution < 1.29 is 8.42 Å². The van der Waals surface area contributed by atoms with Crippen LogP contribution >= 0.6 is 0 Å². The summed E-state index contributed by atoms with van der Waals surface area (Å²) in [6.07, 6.45) is 1.49. The molecule has 0 amide bonds. The van der Waals surface area contributed by atoms with Gasteiger partial charge in [-0.15, -0.1) is 6.58 Å². The zero-order valence-corrected chi connectivity index (χ0v) is 7.84. The summed E-state index contributed by atoms with van der Waals surface area (Å²) in [4.78, 5) is 0.150. The molecule has 1 aromatic carbocycles. The molecule has 1 N–H and O–H groups in total. The maximum Gasteiger partial charge on any atom is 0.241 e. The monoisotopic (exact) mass is 196 g/mol. The molecule has 1 radical (unpaired) electrons. The molecule has 69 valence electrons. The first-order valence-electron chi connectivity index (χ1n) is 3.74. The Balaban J connectivity index is 2.88. The molecular formula is C9H10NO2S. The van der Waals surface area contributed by atoms with Gasteiger partial charge in [-0.25, -0.2) is 13.1 Å². The number of nitrogens with one attached hydrogen (secondary N) is 1. The van der Waals surface area contributed by atoms with E-state index in [9.17, 15) is 8.42 Å². The fraction of sp³-hybridized carbons (Fsp3) is 0.111. The first-order chi connectivity index (χ1) is 6.17. The lowest BCUT2D eigenvalue weighted by Crippen LogP contribution is -2.23. The van der Waals surface area contributed by atoms with Crippen molar-refractivity contribution in [2.24, 2.45) is 0 Å². The van der Waals surface area contributed by atoms with Gasteiger partial charge >= 0.3 is 0 Å². The van der Waals surface area contributed by atoms with E-state index in [2.05, 4.69) is 17.4 Å². The van der Waals surface area contributed by atoms with E-state index in [1.807, 2.05) is 0 Å². The average molecular weight is 196 g/mol. The standard InChI is InChI=1S/C9H10NO2S/c1-2-8-10-13(11,12)9-6-4-3-5-7-9/h2-6,10H,1,8H2. The van der Waals surface area contributed by atoms with E-state index in [0.29, 0.717) is 0 Å². The molecule has 0 unspecified atom stereocenters. The molecule has 0 fully saturated rings. The number of benzene rings is 1. The lowest BCUT2D eigenvalue weighted by molar-refractivity contribution is 0.585. The van der Waals surface area contributed by atoms with Gasteiger partial charge in [-0.1, -0.05) is 24.3 Å². The Bertz CT molecular complexity index is 370. The van der Waals surface area contributed by atoms with Crippen LogP contribution in [0.1, 0.15) is 0 Å². The van der Waals surface area contributed by atoms with Gasteiger partial charge in [-0.3, -0.25) is 0 Å². The summed E-state index contributed by atoms with van der Waals surface area (Å²) < 4.78 is 25.1. The summed E-state index contributed by atoms with van der Waals surface area (Å²) in [5, 5.41) is 0.